The third-order valence-corrected chi connectivity index (χ3v) is 2.14. The summed E-state index contributed by atoms with van der Waals surface area (Å²) < 4.78 is 9.37. The molecule has 0 fully saturated rings. The quantitative estimate of drug-likeness (QED) is 0.577. The third-order valence-electron chi connectivity index (χ3n) is 2.14. The van der Waals surface area contributed by atoms with Gasteiger partial charge >= 0.3 is 5.97 Å². The molecule has 90 valence electrons. The van der Waals surface area contributed by atoms with Crippen LogP contribution >= 0.6 is 0 Å². The van der Waals surface area contributed by atoms with Crippen LogP contribution in [0.15, 0.2) is 0 Å². The van der Waals surface area contributed by atoms with Crippen molar-refractivity contribution < 1.29 is 19.4 Å². The number of hydrogen-bond donors (Lipinski definition) is 1. The van der Waals surface area contributed by atoms with Gasteiger partial charge in [-0.05, 0) is 6.54 Å². The Bertz CT molecular complexity index is 175. The van der Waals surface area contributed by atoms with Crippen LogP contribution in [0, 0.1) is 0 Å². The first-order chi connectivity index (χ1) is 7.13. The summed E-state index contributed by atoms with van der Waals surface area (Å²) in [5, 5.41) is 9.49. The Morgan fingerprint density at radius 1 is 1.47 bits per heavy atom. The van der Waals surface area contributed by atoms with Crippen molar-refractivity contribution in [2.24, 2.45) is 0 Å². The number of hydrogen-bond acceptors (Lipinski definition) is 5. The lowest BCUT2D eigenvalue weighted by Crippen LogP contribution is -2.36. The lowest BCUT2D eigenvalue weighted by atomic mass is 10.3. The minimum atomic E-state index is -0.507. The van der Waals surface area contributed by atoms with Gasteiger partial charge < -0.3 is 19.5 Å². The van der Waals surface area contributed by atoms with E-state index in [0.717, 1.165) is 6.54 Å². The summed E-state index contributed by atoms with van der Waals surface area (Å²) in [6, 6.07) is 0. The molecule has 0 aliphatic heterocycles. The van der Waals surface area contributed by atoms with Crippen LogP contribution in [-0.2, 0) is 14.3 Å². The Morgan fingerprint density at radius 3 is 2.60 bits per heavy atom. The molecule has 0 rings (SSSR count). The Balaban J connectivity index is 3.76. The van der Waals surface area contributed by atoms with Gasteiger partial charge in [-0.25, -0.2) is 0 Å². The molecular formula is C10H21NO4. The smallest absolute Gasteiger partial charge is 0.306 e. The molecule has 0 aromatic heterocycles. The first-order valence-corrected chi connectivity index (χ1v) is 5.10. The van der Waals surface area contributed by atoms with Gasteiger partial charge in [0.05, 0.1) is 26.2 Å². The van der Waals surface area contributed by atoms with Crippen LogP contribution in [-0.4, -0.2) is 62.5 Å². The van der Waals surface area contributed by atoms with Gasteiger partial charge in [0.15, 0.2) is 0 Å². The van der Waals surface area contributed by atoms with Crippen LogP contribution in [0.3, 0.4) is 0 Å². The molecule has 0 aromatic carbocycles. The van der Waals surface area contributed by atoms with E-state index >= 15 is 0 Å². The summed E-state index contributed by atoms with van der Waals surface area (Å²) in [5.41, 5.74) is 0. The largest absolute Gasteiger partial charge is 0.469 e. The average molecular weight is 219 g/mol. The van der Waals surface area contributed by atoms with Crippen LogP contribution in [0.25, 0.3) is 0 Å². The molecule has 0 saturated carbocycles. The van der Waals surface area contributed by atoms with Gasteiger partial charge in [-0.15, -0.1) is 0 Å². The number of nitrogens with zero attached hydrogens (tertiary/aromatic N) is 1. The van der Waals surface area contributed by atoms with Gasteiger partial charge in [-0.1, -0.05) is 6.92 Å². The summed E-state index contributed by atoms with van der Waals surface area (Å²) in [6.07, 6.45) is -0.156. The maximum atomic E-state index is 10.9. The van der Waals surface area contributed by atoms with E-state index in [0.29, 0.717) is 26.1 Å². The number of aliphatic hydroxyl groups excluding tert-OH is 1. The topological polar surface area (TPSA) is 59.0 Å². The summed E-state index contributed by atoms with van der Waals surface area (Å²) in [7, 11) is 2.92. The number of carbonyl (C=O) groups excluding carboxylic acids is 1. The molecule has 1 N–H and O–H groups in total. The van der Waals surface area contributed by atoms with Crippen molar-refractivity contribution in [3.63, 3.8) is 0 Å². The second-order valence-corrected chi connectivity index (χ2v) is 3.33. The maximum Gasteiger partial charge on any atom is 0.306 e. The van der Waals surface area contributed by atoms with Gasteiger partial charge in [0.1, 0.15) is 0 Å². The Morgan fingerprint density at radius 2 is 2.13 bits per heavy atom. The molecule has 0 aromatic rings. The average Bonchev–Trinajstić information content (AvgIpc) is 2.23. The van der Waals surface area contributed by atoms with Crippen molar-refractivity contribution in [3.8, 4) is 0 Å². The highest BCUT2D eigenvalue weighted by molar-refractivity contribution is 5.69. The van der Waals surface area contributed by atoms with E-state index in [2.05, 4.69) is 4.74 Å². The zero-order chi connectivity index (χ0) is 11.7. The van der Waals surface area contributed by atoms with Crippen molar-refractivity contribution in [3.05, 3.63) is 0 Å². The van der Waals surface area contributed by atoms with E-state index in [-0.39, 0.29) is 5.97 Å². The van der Waals surface area contributed by atoms with Gasteiger partial charge in [-0.2, -0.15) is 0 Å². The Kier molecular flexibility index (Phi) is 8.27. The first kappa shape index (κ1) is 14.3. The summed E-state index contributed by atoms with van der Waals surface area (Å²) in [6.45, 7) is 4.20. The molecule has 5 nitrogen and oxygen atoms in total. The number of esters is 1. The number of rotatable bonds is 8. The van der Waals surface area contributed by atoms with E-state index in [1.807, 2.05) is 11.8 Å². The number of aliphatic hydroxyl groups is 1. The molecule has 1 unspecified atom stereocenters. The highest BCUT2D eigenvalue weighted by Gasteiger charge is 2.11. The fourth-order valence-electron chi connectivity index (χ4n) is 1.27. The molecule has 1 atom stereocenters. The van der Waals surface area contributed by atoms with Crippen LogP contribution in [0.1, 0.15) is 13.3 Å². The fraction of sp³-hybridized carbons (Fsp3) is 0.900. The maximum absolute atomic E-state index is 10.9. The molecule has 0 bridgehead atoms. The molecule has 0 aliphatic carbocycles. The summed E-state index contributed by atoms with van der Waals surface area (Å²) >= 11 is 0. The van der Waals surface area contributed by atoms with Crippen molar-refractivity contribution in [2.45, 2.75) is 19.4 Å². The monoisotopic (exact) mass is 219 g/mol. The minimum absolute atomic E-state index is 0.227. The van der Waals surface area contributed by atoms with E-state index in [1.54, 1.807) is 7.11 Å². The zero-order valence-corrected chi connectivity index (χ0v) is 9.73. The van der Waals surface area contributed by atoms with Crippen molar-refractivity contribution >= 4 is 5.97 Å². The van der Waals surface area contributed by atoms with Gasteiger partial charge in [-0.3, -0.25) is 4.79 Å². The van der Waals surface area contributed by atoms with Gasteiger partial charge in [0.2, 0.25) is 0 Å². The van der Waals surface area contributed by atoms with E-state index < -0.39 is 6.10 Å². The molecule has 0 amide bonds. The molecule has 0 saturated heterocycles. The predicted octanol–water partition coefficient (Wildman–Crippen LogP) is -0.121. The van der Waals surface area contributed by atoms with Crippen molar-refractivity contribution in [1.29, 1.82) is 0 Å². The minimum Gasteiger partial charge on any atom is -0.469 e. The van der Waals surface area contributed by atoms with Crippen molar-refractivity contribution in [2.75, 3.05) is 40.5 Å². The molecule has 15 heavy (non-hydrogen) atoms. The van der Waals surface area contributed by atoms with E-state index in [4.69, 9.17) is 4.74 Å². The van der Waals surface area contributed by atoms with Crippen LogP contribution < -0.4 is 0 Å². The van der Waals surface area contributed by atoms with E-state index in [9.17, 15) is 9.90 Å². The SMILES string of the molecule is CCN(CCC(=O)OC)CC(O)COC. The highest BCUT2D eigenvalue weighted by atomic mass is 16.5. The lowest BCUT2D eigenvalue weighted by Gasteiger charge is -2.22. The van der Waals surface area contributed by atoms with Gasteiger partial charge in [0, 0.05) is 20.2 Å². The van der Waals surface area contributed by atoms with Gasteiger partial charge in [0.25, 0.3) is 0 Å². The molecule has 0 aliphatic rings. The predicted molar refractivity (Wildman–Crippen MR) is 56.6 cm³/mol. The third kappa shape index (κ3) is 7.30. The second-order valence-electron chi connectivity index (χ2n) is 3.33. The first-order valence-electron chi connectivity index (χ1n) is 5.10. The number of methoxy groups -OCH3 is 2. The Labute approximate surface area is 91.0 Å². The molecule has 0 heterocycles. The summed E-state index contributed by atoms with van der Waals surface area (Å²) in [4.78, 5) is 12.9. The normalized spacial score (nSPS) is 12.9. The van der Waals surface area contributed by atoms with Crippen LogP contribution in [0.4, 0.5) is 0 Å². The molecule has 0 radical (unpaired) electrons. The second kappa shape index (κ2) is 8.64. The summed E-state index contributed by atoms with van der Waals surface area (Å²) in [5.74, 6) is -0.227. The number of ether oxygens (including phenoxy) is 2. The lowest BCUT2D eigenvalue weighted by molar-refractivity contribution is -0.141. The molecule has 0 spiro atoms. The number of likely N-dealkylation sites (N-methyl/N-ethyl adjacent to an activating group) is 1. The standard InChI is InChI=1S/C10H21NO4/c1-4-11(6-5-10(13)15-3)7-9(12)8-14-2/h9,12H,4-8H2,1-3H3. The van der Waals surface area contributed by atoms with Crippen molar-refractivity contribution in [1.82, 2.24) is 4.90 Å². The van der Waals surface area contributed by atoms with Crippen LogP contribution in [0.5, 0.6) is 0 Å². The highest BCUT2D eigenvalue weighted by Crippen LogP contribution is 1.96. The molecule has 5 heteroatoms. The number of carbonyl (C=O) groups is 1. The van der Waals surface area contributed by atoms with E-state index in [1.165, 1.54) is 7.11 Å². The fourth-order valence-corrected chi connectivity index (χ4v) is 1.27. The van der Waals surface area contributed by atoms with Crippen LogP contribution in [0.2, 0.25) is 0 Å². The zero-order valence-electron chi connectivity index (χ0n) is 9.73. The molecular weight excluding hydrogens is 198 g/mol. The Hall–Kier alpha value is -0.650.